The first-order valence-corrected chi connectivity index (χ1v) is 9.03. The zero-order chi connectivity index (χ0) is 21.0. The third-order valence-corrected chi connectivity index (χ3v) is 4.61. The van der Waals surface area contributed by atoms with Crippen LogP contribution < -0.4 is 4.74 Å². The Morgan fingerprint density at radius 1 is 1.17 bits per heavy atom. The number of carbonyl (C=O) groups is 1. The fourth-order valence-corrected chi connectivity index (χ4v) is 2.85. The van der Waals surface area contributed by atoms with E-state index in [2.05, 4.69) is 0 Å². The summed E-state index contributed by atoms with van der Waals surface area (Å²) in [6.07, 6.45) is -4.85. The van der Waals surface area contributed by atoms with Gasteiger partial charge in [0.1, 0.15) is 22.6 Å². The third-order valence-electron chi connectivity index (χ3n) is 4.26. The van der Waals surface area contributed by atoms with Crippen molar-refractivity contribution in [1.82, 2.24) is 0 Å². The number of halogens is 4. The first-order valence-electron chi connectivity index (χ1n) is 8.65. The highest BCUT2D eigenvalue weighted by Gasteiger charge is 2.46. The SMILES string of the molecule is N#CC(OC(=O)[C@H]1C[C@H]1/C=C(\Cl)C(F)(F)F)c1cccc(Oc2ccccc2)c1. The highest BCUT2D eigenvalue weighted by molar-refractivity contribution is 6.30. The van der Waals surface area contributed by atoms with Crippen molar-refractivity contribution in [2.75, 3.05) is 0 Å². The summed E-state index contributed by atoms with van der Waals surface area (Å²) in [5.74, 6) is -1.08. The maximum atomic E-state index is 12.5. The van der Waals surface area contributed by atoms with Gasteiger partial charge in [-0.25, -0.2) is 0 Å². The number of nitrogens with zero attached hydrogens (tertiary/aromatic N) is 1. The van der Waals surface area contributed by atoms with Crippen molar-refractivity contribution in [1.29, 1.82) is 5.26 Å². The molecule has 4 nitrogen and oxygen atoms in total. The summed E-state index contributed by atoms with van der Waals surface area (Å²) in [7, 11) is 0. The van der Waals surface area contributed by atoms with Crippen LogP contribution in [-0.2, 0) is 9.53 Å². The van der Waals surface area contributed by atoms with Crippen molar-refractivity contribution in [2.45, 2.75) is 18.7 Å². The van der Waals surface area contributed by atoms with Crippen LogP contribution in [-0.4, -0.2) is 12.1 Å². The van der Waals surface area contributed by atoms with Gasteiger partial charge in [0, 0.05) is 5.56 Å². The number of hydrogen-bond acceptors (Lipinski definition) is 4. The minimum Gasteiger partial charge on any atom is -0.457 e. The topological polar surface area (TPSA) is 59.3 Å². The number of carbonyl (C=O) groups excluding carboxylic acids is 1. The monoisotopic (exact) mass is 421 g/mol. The van der Waals surface area contributed by atoms with Gasteiger partial charge in [-0.1, -0.05) is 48.0 Å². The molecular weight excluding hydrogens is 407 g/mol. The Balaban J connectivity index is 1.64. The maximum absolute atomic E-state index is 12.5. The average molecular weight is 422 g/mol. The van der Waals surface area contributed by atoms with Crippen molar-refractivity contribution >= 4 is 17.6 Å². The van der Waals surface area contributed by atoms with Crippen molar-refractivity contribution in [3.05, 3.63) is 71.3 Å². The molecular formula is C21H15ClF3NO3. The fraction of sp³-hybridized carbons (Fsp3) is 0.238. The van der Waals surface area contributed by atoms with E-state index in [1.165, 1.54) is 0 Å². The summed E-state index contributed by atoms with van der Waals surface area (Å²) in [6.45, 7) is 0. The number of ether oxygens (including phenoxy) is 2. The summed E-state index contributed by atoms with van der Waals surface area (Å²) in [4.78, 5) is 12.2. The van der Waals surface area contributed by atoms with Gasteiger partial charge in [0.15, 0.2) is 0 Å². The van der Waals surface area contributed by atoms with Crippen molar-refractivity contribution in [3.8, 4) is 17.6 Å². The van der Waals surface area contributed by atoms with E-state index in [0.29, 0.717) is 17.1 Å². The number of hydrogen-bond donors (Lipinski definition) is 0. The normalized spacial score (nSPS) is 19.8. The van der Waals surface area contributed by atoms with Crippen LogP contribution in [0.5, 0.6) is 11.5 Å². The third kappa shape index (κ3) is 5.52. The molecule has 0 aliphatic heterocycles. The molecule has 1 aliphatic rings. The minimum absolute atomic E-state index is 0.195. The predicted molar refractivity (Wildman–Crippen MR) is 99.0 cm³/mol. The number of benzene rings is 2. The Labute approximate surface area is 170 Å². The Morgan fingerprint density at radius 3 is 2.52 bits per heavy atom. The lowest BCUT2D eigenvalue weighted by atomic mass is 10.1. The number of nitriles is 1. The van der Waals surface area contributed by atoms with Crippen LogP contribution >= 0.6 is 11.6 Å². The second-order valence-electron chi connectivity index (χ2n) is 6.45. The largest absolute Gasteiger partial charge is 0.457 e. The Hall–Kier alpha value is -2.98. The summed E-state index contributed by atoms with van der Waals surface area (Å²) in [5.41, 5.74) is 0.398. The quantitative estimate of drug-likeness (QED) is 0.544. The van der Waals surface area contributed by atoms with Crippen molar-refractivity contribution in [3.63, 3.8) is 0 Å². The number of esters is 1. The molecule has 1 unspecified atom stereocenters. The number of rotatable bonds is 6. The van der Waals surface area contributed by atoms with Gasteiger partial charge in [0.05, 0.1) is 5.92 Å². The van der Waals surface area contributed by atoms with Gasteiger partial charge in [-0.05, 0) is 36.6 Å². The zero-order valence-electron chi connectivity index (χ0n) is 14.9. The van der Waals surface area contributed by atoms with Crippen molar-refractivity contribution < 1.29 is 27.4 Å². The Morgan fingerprint density at radius 2 is 1.86 bits per heavy atom. The molecule has 8 heteroatoms. The first kappa shape index (κ1) is 20.7. The van der Waals surface area contributed by atoms with E-state index in [0.717, 1.165) is 6.08 Å². The van der Waals surface area contributed by atoms with Gasteiger partial charge in [-0.15, -0.1) is 0 Å². The lowest BCUT2D eigenvalue weighted by Crippen LogP contribution is -2.13. The van der Waals surface area contributed by atoms with E-state index in [-0.39, 0.29) is 6.42 Å². The van der Waals surface area contributed by atoms with Crippen LogP contribution in [0.15, 0.2) is 65.7 Å². The maximum Gasteiger partial charge on any atom is 0.426 e. The van der Waals surface area contributed by atoms with Crippen LogP contribution in [0.3, 0.4) is 0 Å². The van der Waals surface area contributed by atoms with E-state index >= 15 is 0 Å². The molecule has 0 N–H and O–H groups in total. The molecule has 3 atom stereocenters. The molecule has 29 heavy (non-hydrogen) atoms. The van der Waals surface area contributed by atoms with E-state index in [4.69, 9.17) is 21.1 Å². The van der Waals surface area contributed by atoms with E-state index < -0.39 is 35.1 Å². The second-order valence-corrected chi connectivity index (χ2v) is 6.86. The highest BCUT2D eigenvalue weighted by Crippen LogP contribution is 2.44. The molecule has 3 rings (SSSR count). The molecule has 0 radical (unpaired) electrons. The molecule has 0 spiro atoms. The van der Waals surface area contributed by atoms with Crippen LogP contribution in [0.2, 0.25) is 0 Å². The molecule has 150 valence electrons. The average Bonchev–Trinajstić information content (AvgIpc) is 3.45. The molecule has 1 fully saturated rings. The van der Waals surface area contributed by atoms with Crippen molar-refractivity contribution in [2.24, 2.45) is 11.8 Å². The second kappa shape index (κ2) is 8.58. The Kier molecular flexibility index (Phi) is 6.14. The molecule has 1 aliphatic carbocycles. The van der Waals surface area contributed by atoms with Gasteiger partial charge in [-0.3, -0.25) is 4.79 Å². The van der Waals surface area contributed by atoms with E-state index in [1.54, 1.807) is 36.4 Å². The fourth-order valence-electron chi connectivity index (χ4n) is 2.69. The van der Waals surface area contributed by atoms with Crippen LogP contribution in [0.1, 0.15) is 18.1 Å². The predicted octanol–water partition coefficient (Wildman–Crippen LogP) is 5.91. The van der Waals surface area contributed by atoms with Crippen LogP contribution in [0.4, 0.5) is 13.2 Å². The molecule has 2 aromatic carbocycles. The zero-order valence-corrected chi connectivity index (χ0v) is 15.7. The van der Waals surface area contributed by atoms with E-state index in [9.17, 15) is 23.2 Å². The van der Waals surface area contributed by atoms with Crippen LogP contribution in [0, 0.1) is 23.2 Å². The summed E-state index contributed by atoms with van der Waals surface area (Å²) < 4.78 is 48.3. The lowest BCUT2D eigenvalue weighted by Gasteiger charge is -2.13. The molecule has 0 bridgehead atoms. The number of allylic oxidation sites excluding steroid dienone is 2. The molecule has 1 saturated carbocycles. The molecule has 0 heterocycles. The number of para-hydroxylation sites is 1. The first-order chi connectivity index (χ1) is 13.8. The summed E-state index contributed by atoms with van der Waals surface area (Å²) >= 11 is 5.19. The molecule has 2 aromatic rings. The highest BCUT2D eigenvalue weighted by atomic mass is 35.5. The summed E-state index contributed by atoms with van der Waals surface area (Å²) in [5, 5.41) is 8.12. The molecule has 0 aromatic heterocycles. The molecule has 0 amide bonds. The van der Waals surface area contributed by atoms with Gasteiger partial charge in [0.2, 0.25) is 6.10 Å². The van der Waals surface area contributed by atoms with Gasteiger partial charge < -0.3 is 9.47 Å². The summed E-state index contributed by atoms with van der Waals surface area (Å²) in [6, 6.07) is 17.4. The van der Waals surface area contributed by atoms with Gasteiger partial charge >= 0.3 is 12.1 Å². The van der Waals surface area contributed by atoms with Gasteiger partial charge in [-0.2, -0.15) is 18.4 Å². The Bertz CT molecular complexity index is 954. The number of alkyl halides is 3. The smallest absolute Gasteiger partial charge is 0.426 e. The lowest BCUT2D eigenvalue weighted by molar-refractivity contribution is -0.148. The van der Waals surface area contributed by atoms with E-state index in [1.807, 2.05) is 24.3 Å². The standard InChI is InChI=1S/C21H15ClF3NO3/c22-19(21(23,24)25)11-14-10-17(14)20(27)29-18(12-26)13-5-4-8-16(9-13)28-15-6-2-1-3-7-15/h1-9,11,14,17-18H,10H2/b19-11-/t14-,17-,18?/m0/s1. The van der Waals surface area contributed by atoms with Crippen LogP contribution in [0.25, 0.3) is 0 Å². The van der Waals surface area contributed by atoms with Gasteiger partial charge in [0.25, 0.3) is 0 Å². The molecule has 0 saturated heterocycles. The minimum atomic E-state index is -4.65.